The predicted octanol–water partition coefficient (Wildman–Crippen LogP) is 4.60. The van der Waals surface area contributed by atoms with Crippen LogP contribution in [0.2, 0.25) is 0 Å². The van der Waals surface area contributed by atoms with Crippen LogP contribution in [0, 0.1) is 23.6 Å². The van der Waals surface area contributed by atoms with E-state index >= 15 is 0 Å². The van der Waals surface area contributed by atoms with E-state index in [9.17, 15) is 27.5 Å². The number of nitrogens with one attached hydrogen (secondary N) is 1. The van der Waals surface area contributed by atoms with Gasteiger partial charge in [-0.25, -0.2) is 22.3 Å². The third kappa shape index (κ3) is 5.23. The molecule has 2 amide bonds. The molecule has 208 valence electrons. The number of fused-ring (bicyclic) bond motifs is 2. The molecule has 39 heavy (non-hydrogen) atoms. The minimum absolute atomic E-state index is 0.0794. The lowest BCUT2D eigenvalue weighted by Crippen LogP contribution is -2.56. The summed E-state index contributed by atoms with van der Waals surface area (Å²) in [5.41, 5.74) is 0.251. The van der Waals surface area contributed by atoms with Crippen molar-refractivity contribution >= 4 is 22.0 Å². The Bertz CT molecular complexity index is 1380. The molecule has 2 aliphatic heterocycles. The molecule has 0 spiro atoms. The first-order valence-electron chi connectivity index (χ1n) is 13.7. The van der Waals surface area contributed by atoms with Gasteiger partial charge >= 0.3 is 6.09 Å². The van der Waals surface area contributed by atoms with Crippen LogP contribution >= 0.6 is 0 Å². The van der Waals surface area contributed by atoms with E-state index in [-0.39, 0.29) is 29.2 Å². The zero-order valence-electron chi connectivity index (χ0n) is 21.6. The second kappa shape index (κ2) is 9.80. The van der Waals surface area contributed by atoms with Gasteiger partial charge in [-0.1, -0.05) is 30.3 Å². The maximum absolute atomic E-state index is 14.8. The van der Waals surface area contributed by atoms with Crippen molar-refractivity contribution < 1.29 is 32.2 Å². The van der Waals surface area contributed by atoms with Crippen LogP contribution in [0.4, 0.5) is 9.18 Å². The molecule has 8 nitrogen and oxygen atoms in total. The lowest BCUT2D eigenvalue weighted by molar-refractivity contribution is 0.0190. The molecular formula is C29H33FN2O6S. The van der Waals surface area contributed by atoms with Crippen LogP contribution in [0.3, 0.4) is 0 Å². The number of sulfonamides is 1. The normalized spacial score (nSPS) is 29.6. The summed E-state index contributed by atoms with van der Waals surface area (Å²) in [5, 5.41) is 9.42. The van der Waals surface area contributed by atoms with Crippen LogP contribution in [0.15, 0.2) is 48.5 Å². The fourth-order valence-electron chi connectivity index (χ4n) is 7.02. The van der Waals surface area contributed by atoms with Gasteiger partial charge in [-0.2, -0.15) is 0 Å². The number of carbonyl (C=O) groups excluding carboxylic acids is 1. The summed E-state index contributed by atoms with van der Waals surface area (Å²) in [7, 11) is -3.83. The first-order valence-corrected chi connectivity index (χ1v) is 15.2. The number of hydrogen-bond acceptors (Lipinski definition) is 5. The first-order chi connectivity index (χ1) is 18.6. The molecule has 2 heterocycles. The van der Waals surface area contributed by atoms with Crippen molar-refractivity contribution in [3.63, 3.8) is 0 Å². The number of nitrogens with zero attached hydrogens (tertiary/aromatic N) is 1. The molecule has 2 saturated carbocycles. The van der Waals surface area contributed by atoms with Crippen molar-refractivity contribution in [1.29, 1.82) is 0 Å². The molecule has 2 aliphatic carbocycles. The first kappa shape index (κ1) is 26.1. The van der Waals surface area contributed by atoms with Crippen LogP contribution in [0.25, 0.3) is 0 Å². The zero-order valence-corrected chi connectivity index (χ0v) is 22.4. The Morgan fingerprint density at radius 2 is 1.87 bits per heavy atom. The van der Waals surface area contributed by atoms with Gasteiger partial charge < -0.3 is 9.84 Å². The monoisotopic (exact) mass is 556 g/mol. The number of ether oxygens (including phenoxy) is 1. The Balaban J connectivity index is 1.09. The predicted molar refractivity (Wildman–Crippen MR) is 141 cm³/mol. The number of rotatable bonds is 9. The molecule has 2 N–H and O–H groups in total. The second-order valence-corrected chi connectivity index (χ2v) is 13.6. The van der Waals surface area contributed by atoms with Gasteiger partial charge in [-0.15, -0.1) is 0 Å². The molecule has 2 bridgehead atoms. The standard InChI is InChI=1S/C29H33FN2O6S/c30-25-13-22(8-9-23(25)27(33)31-39(36,37)26-14-24(26)20-6-7-20)38-17-19-12-21-10-11-29(16-19,32(21)28(34)35)15-18-4-2-1-3-5-18/h1-5,8-9,13,19-21,24,26H,6-7,10-12,14-17H2,(H,31,33)(H,34,35)/t19-,21-,24?,26?,29-/m0/s1. The van der Waals surface area contributed by atoms with Crippen molar-refractivity contribution in [3.05, 3.63) is 65.5 Å². The molecule has 0 aromatic heterocycles. The van der Waals surface area contributed by atoms with E-state index in [0.29, 0.717) is 38.2 Å². The lowest BCUT2D eigenvalue weighted by Gasteiger charge is -2.46. The van der Waals surface area contributed by atoms with Gasteiger partial charge in [-0.3, -0.25) is 9.69 Å². The number of amides is 2. The SMILES string of the molecule is O=C(NS(=O)(=O)C1CC1C1CC1)c1ccc(OC[C@H]2C[C@@H]3CC[C@](Cc4ccccc4)(C2)N3C(=O)O)cc1F. The topological polar surface area (TPSA) is 113 Å². The Morgan fingerprint density at radius 3 is 2.56 bits per heavy atom. The van der Waals surface area contributed by atoms with Gasteiger partial charge in [0, 0.05) is 12.1 Å². The number of halogens is 1. The number of hydrogen-bond donors (Lipinski definition) is 2. The van der Waals surface area contributed by atoms with E-state index in [1.807, 2.05) is 35.1 Å². The Morgan fingerprint density at radius 1 is 1.10 bits per heavy atom. The van der Waals surface area contributed by atoms with Gasteiger partial charge in [0.05, 0.1) is 23.0 Å². The zero-order chi connectivity index (χ0) is 27.4. The molecule has 2 saturated heterocycles. The molecule has 4 aliphatic rings. The molecule has 2 aromatic rings. The summed E-state index contributed by atoms with van der Waals surface area (Å²) < 4.78 is 47.8. The lowest BCUT2D eigenvalue weighted by atomic mass is 9.78. The van der Waals surface area contributed by atoms with E-state index in [1.165, 1.54) is 12.1 Å². The molecule has 5 atom stereocenters. The molecule has 0 radical (unpaired) electrons. The third-order valence-corrected chi connectivity index (χ3v) is 10.8. The second-order valence-electron chi connectivity index (χ2n) is 11.7. The van der Waals surface area contributed by atoms with Gasteiger partial charge in [0.2, 0.25) is 10.0 Å². The van der Waals surface area contributed by atoms with Crippen molar-refractivity contribution in [1.82, 2.24) is 9.62 Å². The smallest absolute Gasteiger partial charge is 0.408 e. The van der Waals surface area contributed by atoms with Crippen LogP contribution < -0.4 is 9.46 Å². The average molecular weight is 557 g/mol. The van der Waals surface area contributed by atoms with Crippen LogP contribution in [0.1, 0.15) is 60.9 Å². The minimum atomic E-state index is -3.83. The number of benzene rings is 2. The van der Waals surface area contributed by atoms with E-state index in [1.54, 1.807) is 4.90 Å². The van der Waals surface area contributed by atoms with Gasteiger partial charge in [-0.05, 0) is 86.8 Å². The number of carbonyl (C=O) groups is 2. The van der Waals surface area contributed by atoms with Gasteiger partial charge in [0.1, 0.15) is 11.6 Å². The average Bonchev–Trinajstić information content (AvgIpc) is 3.79. The van der Waals surface area contributed by atoms with Crippen molar-refractivity contribution in [3.8, 4) is 5.75 Å². The largest absolute Gasteiger partial charge is 0.493 e. The molecular weight excluding hydrogens is 523 g/mol. The summed E-state index contributed by atoms with van der Waals surface area (Å²) in [6.45, 7) is 0.296. The Hall–Kier alpha value is -3.14. The fourth-order valence-corrected chi connectivity index (χ4v) is 8.70. The van der Waals surface area contributed by atoms with Crippen molar-refractivity contribution in [2.45, 2.75) is 68.2 Å². The van der Waals surface area contributed by atoms with Crippen molar-refractivity contribution in [2.75, 3.05) is 6.61 Å². The molecule has 6 rings (SSSR count). The highest BCUT2D eigenvalue weighted by molar-refractivity contribution is 7.91. The van der Waals surface area contributed by atoms with Gasteiger partial charge in [0.25, 0.3) is 5.91 Å². The van der Waals surface area contributed by atoms with Crippen LogP contribution in [-0.2, 0) is 16.4 Å². The highest BCUT2D eigenvalue weighted by atomic mass is 32.2. The summed E-state index contributed by atoms with van der Waals surface area (Å²) in [6, 6.07) is 13.6. The molecule has 10 heteroatoms. The van der Waals surface area contributed by atoms with Crippen LogP contribution in [0.5, 0.6) is 5.75 Å². The maximum Gasteiger partial charge on any atom is 0.408 e. The molecule has 2 aromatic carbocycles. The Kier molecular flexibility index (Phi) is 6.56. The number of piperidine rings is 1. The highest BCUT2D eigenvalue weighted by Crippen LogP contribution is 2.53. The minimum Gasteiger partial charge on any atom is -0.493 e. The highest BCUT2D eigenvalue weighted by Gasteiger charge is 2.55. The summed E-state index contributed by atoms with van der Waals surface area (Å²) in [6.07, 6.45) is 5.29. The quantitative estimate of drug-likeness (QED) is 0.467. The molecule has 2 unspecified atom stereocenters. The van der Waals surface area contributed by atoms with Gasteiger partial charge in [0.15, 0.2) is 0 Å². The van der Waals surface area contributed by atoms with Crippen molar-refractivity contribution in [2.24, 2.45) is 17.8 Å². The summed E-state index contributed by atoms with van der Waals surface area (Å²) in [5.74, 6) is -0.939. The summed E-state index contributed by atoms with van der Waals surface area (Å²) in [4.78, 5) is 26.4. The maximum atomic E-state index is 14.8. The van der Waals surface area contributed by atoms with E-state index in [0.717, 1.165) is 37.3 Å². The Labute approximate surface area is 227 Å². The third-order valence-electron chi connectivity index (χ3n) is 8.99. The van der Waals surface area contributed by atoms with E-state index in [2.05, 4.69) is 0 Å². The van der Waals surface area contributed by atoms with E-state index in [4.69, 9.17) is 4.74 Å². The fraction of sp³-hybridized carbons (Fsp3) is 0.517. The molecule has 4 fully saturated rings. The summed E-state index contributed by atoms with van der Waals surface area (Å²) >= 11 is 0. The number of carboxylic acid groups (broad SMARTS) is 1. The van der Waals surface area contributed by atoms with E-state index < -0.39 is 38.6 Å². The van der Waals surface area contributed by atoms with Crippen LogP contribution in [-0.4, -0.2) is 53.9 Å².